The first-order chi connectivity index (χ1) is 11.0. The van der Waals surface area contributed by atoms with Gasteiger partial charge in [0, 0.05) is 4.90 Å². The van der Waals surface area contributed by atoms with Gasteiger partial charge in [-0.15, -0.1) is 0 Å². The monoisotopic (exact) mass is 433 g/mol. The number of aromatic carboxylic acids is 1. The minimum atomic E-state index is -2.97. The zero-order chi connectivity index (χ0) is 18.2. The molecule has 2 aromatic rings. The molecule has 1 aromatic carbocycles. The van der Waals surface area contributed by atoms with Crippen LogP contribution in [-0.4, -0.2) is 16.1 Å². The Labute approximate surface area is 157 Å². The number of carboxylic acids is 1. The Kier molecular flexibility index (Phi) is 5.71. The molecule has 0 aliphatic rings. The number of carbonyl (C=O) groups is 1. The molecule has 0 bridgehead atoms. The number of pyridine rings is 1. The first-order valence-corrected chi connectivity index (χ1v) is 8.24. The number of rotatable bonds is 4. The summed E-state index contributed by atoms with van der Waals surface area (Å²) in [6.45, 7) is 0. The predicted molar refractivity (Wildman–Crippen MR) is 89.1 cm³/mol. The van der Waals surface area contributed by atoms with E-state index in [9.17, 15) is 23.5 Å². The third kappa shape index (κ3) is 3.97. The van der Waals surface area contributed by atoms with Crippen LogP contribution < -0.4 is 5.56 Å². The van der Waals surface area contributed by atoms with E-state index in [-0.39, 0.29) is 19.8 Å². The van der Waals surface area contributed by atoms with Crippen molar-refractivity contribution in [3.8, 4) is 0 Å². The Hall–Kier alpha value is -0.990. The van der Waals surface area contributed by atoms with E-state index in [1.807, 2.05) is 4.98 Å². The summed E-state index contributed by atoms with van der Waals surface area (Å²) in [7, 11) is 0. The third-order valence-electron chi connectivity index (χ3n) is 2.73. The molecule has 0 fully saturated rings. The number of hydrogen-bond donors (Lipinski definition) is 2. The summed E-state index contributed by atoms with van der Waals surface area (Å²) in [4.78, 5) is 24.8. The Morgan fingerprint density at radius 1 is 1.29 bits per heavy atom. The number of H-pyrrole nitrogens is 1. The summed E-state index contributed by atoms with van der Waals surface area (Å²) in [5.41, 5.74) is -2.46. The van der Waals surface area contributed by atoms with Crippen LogP contribution in [0.2, 0.25) is 10.0 Å². The summed E-state index contributed by atoms with van der Waals surface area (Å²) in [6, 6.07) is 3.12. The van der Waals surface area contributed by atoms with Crippen LogP contribution in [0.4, 0.5) is 8.78 Å². The van der Waals surface area contributed by atoms with Gasteiger partial charge in [-0.25, -0.2) is 13.6 Å². The SMILES string of the molecule is O=C(O)c1c(Sc2c(Cl)ccc(F)c2Cl)cc(C(F)(Cl)Cl)[nH]c1=O. The lowest BCUT2D eigenvalue weighted by Crippen LogP contribution is -2.23. The first kappa shape index (κ1) is 19.3. The van der Waals surface area contributed by atoms with E-state index in [1.165, 1.54) is 6.07 Å². The van der Waals surface area contributed by atoms with Gasteiger partial charge in [0.2, 0.25) is 0 Å². The Morgan fingerprint density at radius 2 is 1.92 bits per heavy atom. The maximum atomic E-state index is 13.7. The van der Waals surface area contributed by atoms with Crippen molar-refractivity contribution in [1.82, 2.24) is 4.98 Å². The maximum Gasteiger partial charge on any atom is 0.342 e. The standard InChI is InChI=1S/C13H5Cl4F2NO3S/c14-4-1-2-5(18)9(15)10(4)24-6-3-7(13(16,17)19)20-11(21)8(6)12(22)23/h1-3H,(H,20,21)(H,22,23). The van der Waals surface area contributed by atoms with Crippen molar-refractivity contribution in [2.24, 2.45) is 0 Å². The van der Waals surface area contributed by atoms with E-state index in [0.29, 0.717) is 11.8 Å². The van der Waals surface area contributed by atoms with E-state index in [4.69, 9.17) is 46.4 Å². The quantitative estimate of drug-likeness (QED) is 0.510. The van der Waals surface area contributed by atoms with Crippen LogP contribution in [0.1, 0.15) is 16.1 Å². The molecular formula is C13H5Cl4F2NO3S. The number of alkyl halides is 3. The molecule has 1 heterocycles. The second-order valence-corrected chi connectivity index (χ2v) is 7.40. The largest absolute Gasteiger partial charge is 0.477 e. The number of aromatic amines is 1. The second-order valence-electron chi connectivity index (χ2n) is 4.33. The highest BCUT2D eigenvalue weighted by molar-refractivity contribution is 7.99. The zero-order valence-electron chi connectivity index (χ0n) is 11.2. The van der Waals surface area contributed by atoms with Gasteiger partial charge >= 0.3 is 5.97 Å². The van der Waals surface area contributed by atoms with Crippen LogP contribution in [-0.2, 0) is 4.59 Å². The van der Waals surface area contributed by atoms with Crippen molar-refractivity contribution in [1.29, 1.82) is 0 Å². The van der Waals surface area contributed by atoms with Crippen LogP contribution in [0.5, 0.6) is 0 Å². The normalized spacial score (nSPS) is 11.6. The second kappa shape index (κ2) is 7.09. The van der Waals surface area contributed by atoms with Crippen molar-refractivity contribution in [3.63, 3.8) is 0 Å². The molecule has 1 aromatic heterocycles. The average Bonchev–Trinajstić information content (AvgIpc) is 2.45. The molecule has 2 N–H and O–H groups in total. The minimum absolute atomic E-state index is 0.00725. The minimum Gasteiger partial charge on any atom is -0.477 e. The van der Waals surface area contributed by atoms with Crippen molar-refractivity contribution < 1.29 is 18.7 Å². The fourth-order valence-corrected chi connectivity index (χ4v) is 3.52. The summed E-state index contributed by atoms with van der Waals surface area (Å²) < 4.78 is 24.3. The van der Waals surface area contributed by atoms with E-state index in [1.54, 1.807) is 0 Å². The molecule has 128 valence electrons. The number of hydrogen-bond acceptors (Lipinski definition) is 3. The van der Waals surface area contributed by atoms with Gasteiger partial charge in [0.25, 0.3) is 10.1 Å². The molecule has 0 aliphatic heterocycles. The highest BCUT2D eigenvalue weighted by Crippen LogP contribution is 2.42. The highest BCUT2D eigenvalue weighted by Gasteiger charge is 2.30. The fourth-order valence-electron chi connectivity index (χ4n) is 1.68. The van der Waals surface area contributed by atoms with Crippen LogP contribution in [0.15, 0.2) is 32.8 Å². The summed E-state index contributed by atoms with van der Waals surface area (Å²) in [5, 5.41) is 8.80. The lowest BCUT2D eigenvalue weighted by atomic mass is 10.2. The number of benzene rings is 1. The average molecular weight is 435 g/mol. The molecule has 0 amide bonds. The van der Waals surface area contributed by atoms with Crippen LogP contribution in [0.3, 0.4) is 0 Å². The maximum absolute atomic E-state index is 13.7. The molecule has 0 saturated carbocycles. The molecule has 0 unspecified atom stereocenters. The van der Waals surface area contributed by atoms with Gasteiger partial charge in [-0.2, -0.15) is 0 Å². The van der Waals surface area contributed by atoms with E-state index >= 15 is 0 Å². The lowest BCUT2D eigenvalue weighted by Gasteiger charge is -2.14. The van der Waals surface area contributed by atoms with Crippen LogP contribution in [0.25, 0.3) is 0 Å². The number of nitrogens with one attached hydrogen (secondary N) is 1. The van der Waals surface area contributed by atoms with E-state index in [0.717, 1.165) is 12.1 Å². The van der Waals surface area contributed by atoms with Crippen molar-refractivity contribution in [2.75, 3.05) is 0 Å². The van der Waals surface area contributed by atoms with Crippen molar-refractivity contribution in [3.05, 3.63) is 55.7 Å². The van der Waals surface area contributed by atoms with E-state index < -0.39 is 33.2 Å². The molecule has 11 heteroatoms. The summed E-state index contributed by atoms with van der Waals surface area (Å²) in [5.74, 6) is -2.40. The lowest BCUT2D eigenvalue weighted by molar-refractivity contribution is 0.0691. The Bertz CT molecular complexity index is 883. The first-order valence-electron chi connectivity index (χ1n) is 5.91. The van der Waals surface area contributed by atoms with Gasteiger partial charge in [-0.3, -0.25) is 4.79 Å². The molecule has 0 aliphatic carbocycles. The molecule has 24 heavy (non-hydrogen) atoms. The highest BCUT2D eigenvalue weighted by atomic mass is 35.5. The van der Waals surface area contributed by atoms with Gasteiger partial charge < -0.3 is 10.1 Å². The zero-order valence-corrected chi connectivity index (χ0v) is 15.0. The summed E-state index contributed by atoms with van der Waals surface area (Å²) in [6.07, 6.45) is 0. The van der Waals surface area contributed by atoms with Gasteiger partial charge in [-0.05, 0) is 18.2 Å². The summed E-state index contributed by atoms with van der Waals surface area (Å²) >= 11 is 22.9. The van der Waals surface area contributed by atoms with Gasteiger partial charge in [-0.1, -0.05) is 58.2 Å². The fraction of sp³-hybridized carbons (Fsp3) is 0.0769. The van der Waals surface area contributed by atoms with Gasteiger partial charge in [0.05, 0.1) is 20.6 Å². The molecule has 0 saturated heterocycles. The number of carboxylic acid groups (broad SMARTS) is 1. The number of halogens is 6. The predicted octanol–water partition coefficient (Wildman–Crippen LogP) is 5.23. The molecule has 0 spiro atoms. The van der Waals surface area contributed by atoms with Crippen molar-refractivity contribution >= 4 is 64.1 Å². The topological polar surface area (TPSA) is 70.2 Å². The molecular weight excluding hydrogens is 430 g/mol. The van der Waals surface area contributed by atoms with Crippen LogP contribution in [0, 0.1) is 5.82 Å². The smallest absolute Gasteiger partial charge is 0.342 e. The molecule has 0 atom stereocenters. The Morgan fingerprint density at radius 3 is 2.46 bits per heavy atom. The van der Waals surface area contributed by atoms with Gasteiger partial charge in [0.15, 0.2) is 0 Å². The molecule has 4 nitrogen and oxygen atoms in total. The van der Waals surface area contributed by atoms with Crippen molar-refractivity contribution in [2.45, 2.75) is 14.4 Å². The molecule has 2 rings (SSSR count). The van der Waals surface area contributed by atoms with E-state index in [2.05, 4.69) is 0 Å². The van der Waals surface area contributed by atoms with Crippen LogP contribution >= 0.6 is 58.2 Å². The van der Waals surface area contributed by atoms with Gasteiger partial charge in [0.1, 0.15) is 11.4 Å². The Balaban J connectivity index is 2.70. The number of aromatic nitrogens is 1. The molecule has 0 radical (unpaired) electrons. The third-order valence-corrected chi connectivity index (χ3v) is 5.22.